The zero-order valence-corrected chi connectivity index (χ0v) is 23.0. The summed E-state index contributed by atoms with van der Waals surface area (Å²) in [4.78, 5) is 0. The normalized spacial score (nSPS) is 51.1. The molecule has 10 atom stereocenters. The highest BCUT2D eigenvalue weighted by molar-refractivity contribution is 5.15. The monoisotopic (exact) mass is 479 g/mol. The lowest BCUT2D eigenvalue weighted by molar-refractivity contribution is -0.251. The van der Waals surface area contributed by atoms with Gasteiger partial charge in [-0.1, -0.05) is 53.9 Å². The van der Waals surface area contributed by atoms with Crippen LogP contribution in [0.25, 0.3) is 0 Å². The van der Waals surface area contributed by atoms with E-state index in [1.165, 1.54) is 51.4 Å². The van der Waals surface area contributed by atoms with Gasteiger partial charge in [0.2, 0.25) is 0 Å². The Kier molecular flexibility index (Phi) is 6.53. The third-order valence-electron chi connectivity index (χ3n) is 11.9. The summed E-state index contributed by atoms with van der Waals surface area (Å²) in [5.41, 5.74) is -2.71. The standard InChI is InChI=1S/C31H56O3/c1-21(2)9-8-10-22(3)25-13-14-26-24-12-11-23-19-30(6,33)31(7,34-18-17-32)20-29(23,5)27(24)15-16-28(25,26)4/h21-27,32-33H,8-20H2,1-7H3/t22-,23+,24+,25-,26+,27+,28-,29+,30-,31+/m1/s1/i6D3. The van der Waals surface area contributed by atoms with E-state index in [1.807, 2.05) is 0 Å². The molecule has 4 fully saturated rings. The topological polar surface area (TPSA) is 49.7 Å². The molecule has 0 saturated heterocycles. The smallest absolute Gasteiger partial charge is 0.0944 e. The molecular formula is C31H56O3. The molecule has 0 aromatic carbocycles. The van der Waals surface area contributed by atoms with E-state index in [9.17, 15) is 10.2 Å². The molecule has 0 heterocycles. The van der Waals surface area contributed by atoms with Gasteiger partial charge in [0, 0.05) is 4.11 Å². The van der Waals surface area contributed by atoms with Gasteiger partial charge in [-0.2, -0.15) is 0 Å². The van der Waals surface area contributed by atoms with Crippen molar-refractivity contribution in [3.63, 3.8) is 0 Å². The Balaban J connectivity index is 1.56. The summed E-state index contributed by atoms with van der Waals surface area (Å²) in [6, 6.07) is 0. The van der Waals surface area contributed by atoms with Crippen LogP contribution >= 0.6 is 0 Å². The number of fused-ring (bicyclic) bond motifs is 5. The van der Waals surface area contributed by atoms with Gasteiger partial charge in [-0.3, -0.25) is 0 Å². The largest absolute Gasteiger partial charge is 0.394 e. The molecule has 0 spiro atoms. The van der Waals surface area contributed by atoms with E-state index in [0.29, 0.717) is 23.7 Å². The van der Waals surface area contributed by atoms with Gasteiger partial charge in [0.15, 0.2) is 0 Å². The van der Waals surface area contributed by atoms with Gasteiger partial charge in [0.05, 0.1) is 24.4 Å². The molecule has 2 N–H and O–H groups in total. The van der Waals surface area contributed by atoms with Gasteiger partial charge in [-0.15, -0.1) is 0 Å². The predicted octanol–water partition coefficient (Wildman–Crippen LogP) is 7.24. The van der Waals surface area contributed by atoms with Gasteiger partial charge in [-0.05, 0) is 117 Å². The molecule has 0 aromatic rings. The van der Waals surface area contributed by atoms with Gasteiger partial charge >= 0.3 is 0 Å². The van der Waals surface area contributed by atoms with Crippen molar-refractivity contribution in [3.8, 4) is 0 Å². The molecule has 34 heavy (non-hydrogen) atoms. The first-order valence-corrected chi connectivity index (χ1v) is 14.6. The second-order valence-corrected chi connectivity index (χ2v) is 14.2. The highest BCUT2D eigenvalue weighted by Gasteiger charge is 2.65. The number of aliphatic hydroxyl groups excluding tert-OH is 1. The van der Waals surface area contributed by atoms with Crippen molar-refractivity contribution in [3.05, 3.63) is 0 Å². The lowest BCUT2D eigenvalue weighted by Crippen LogP contribution is -2.65. The fourth-order valence-electron chi connectivity index (χ4n) is 10.1. The molecule has 0 unspecified atom stereocenters. The third-order valence-corrected chi connectivity index (χ3v) is 11.9. The van der Waals surface area contributed by atoms with Gasteiger partial charge in [0.25, 0.3) is 0 Å². The zero-order valence-electron chi connectivity index (χ0n) is 26.0. The predicted molar refractivity (Wildman–Crippen MR) is 141 cm³/mol. The zero-order chi connectivity index (χ0) is 27.4. The quantitative estimate of drug-likeness (QED) is 0.386. The Morgan fingerprint density at radius 1 is 0.971 bits per heavy atom. The molecule has 0 aliphatic heterocycles. The van der Waals surface area contributed by atoms with E-state index in [1.54, 1.807) is 6.92 Å². The molecule has 4 aliphatic rings. The van der Waals surface area contributed by atoms with E-state index >= 15 is 0 Å². The third kappa shape index (κ3) is 4.43. The Labute approximate surface area is 215 Å². The minimum atomic E-state index is -2.52. The highest BCUT2D eigenvalue weighted by atomic mass is 16.5. The average molecular weight is 480 g/mol. The second-order valence-electron chi connectivity index (χ2n) is 14.2. The number of hydrogen-bond acceptors (Lipinski definition) is 3. The summed E-state index contributed by atoms with van der Waals surface area (Å²) < 4.78 is 30.9. The molecule has 0 amide bonds. The van der Waals surface area contributed by atoms with E-state index in [2.05, 4.69) is 34.6 Å². The van der Waals surface area contributed by atoms with Crippen molar-refractivity contribution < 1.29 is 19.1 Å². The Hall–Kier alpha value is -0.120. The van der Waals surface area contributed by atoms with Crippen LogP contribution in [0.3, 0.4) is 0 Å². The van der Waals surface area contributed by atoms with Crippen LogP contribution in [0.5, 0.6) is 0 Å². The van der Waals surface area contributed by atoms with Crippen molar-refractivity contribution in [1.29, 1.82) is 0 Å². The van der Waals surface area contributed by atoms with E-state index in [0.717, 1.165) is 30.1 Å². The SMILES string of the molecule is [2H]C([2H])([2H])[C@@]1(O)C[C@@H]2CC[C@@H]3[C@H](CC[C@]4(C)[C@@H]([C@H](C)CCCC(C)C)CC[C@@H]34)[C@@]2(C)C[C@]1(C)OCCO. The minimum absolute atomic E-state index is 0.0487. The van der Waals surface area contributed by atoms with Crippen molar-refractivity contribution in [2.45, 2.75) is 130 Å². The molecule has 4 rings (SSSR count). The first-order chi connectivity index (χ1) is 17.1. The van der Waals surface area contributed by atoms with Crippen LogP contribution in [-0.2, 0) is 4.74 Å². The maximum atomic E-state index is 11.7. The number of hydrogen-bond donors (Lipinski definition) is 2. The Morgan fingerprint density at radius 3 is 2.38 bits per heavy atom. The van der Waals surface area contributed by atoms with Gasteiger partial charge < -0.3 is 14.9 Å². The Morgan fingerprint density at radius 2 is 1.71 bits per heavy atom. The molecule has 4 saturated carbocycles. The van der Waals surface area contributed by atoms with Crippen LogP contribution in [0.1, 0.15) is 123 Å². The van der Waals surface area contributed by atoms with Crippen molar-refractivity contribution >= 4 is 0 Å². The van der Waals surface area contributed by atoms with Crippen LogP contribution in [0.4, 0.5) is 0 Å². The van der Waals surface area contributed by atoms with Crippen LogP contribution in [0.15, 0.2) is 0 Å². The fourth-order valence-corrected chi connectivity index (χ4v) is 10.1. The molecule has 198 valence electrons. The number of rotatable bonds is 8. The van der Waals surface area contributed by atoms with E-state index in [4.69, 9.17) is 8.85 Å². The molecular weight excluding hydrogens is 420 g/mol. The number of aliphatic hydroxyl groups is 2. The molecule has 0 aromatic heterocycles. The molecule has 0 bridgehead atoms. The maximum Gasteiger partial charge on any atom is 0.0944 e. The summed E-state index contributed by atoms with van der Waals surface area (Å²) in [5, 5.41) is 21.2. The number of ether oxygens (including phenoxy) is 1. The average Bonchev–Trinajstić information content (AvgIpc) is 3.15. The molecule has 0 radical (unpaired) electrons. The lowest BCUT2D eigenvalue weighted by atomic mass is 9.42. The molecule has 3 nitrogen and oxygen atoms in total. The molecule has 4 aliphatic carbocycles. The van der Waals surface area contributed by atoms with Crippen molar-refractivity contribution in [2.75, 3.05) is 13.2 Å². The Bertz CT molecular complexity index is 801. The summed E-state index contributed by atoms with van der Waals surface area (Å²) in [5.74, 6) is 4.59. The van der Waals surface area contributed by atoms with Crippen molar-refractivity contribution in [2.24, 2.45) is 52.3 Å². The first-order valence-electron chi connectivity index (χ1n) is 16.1. The summed E-state index contributed by atoms with van der Waals surface area (Å²) >= 11 is 0. The summed E-state index contributed by atoms with van der Waals surface area (Å²) in [6.07, 6.45) is 12.2. The lowest BCUT2D eigenvalue weighted by Gasteiger charge is -2.65. The fraction of sp³-hybridized carbons (Fsp3) is 1.00. The van der Waals surface area contributed by atoms with Crippen molar-refractivity contribution in [1.82, 2.24) is 0 Å². The first kappa shape index (κ1) is 23.0. The van der Waals surface area contributed by atoms with Crippen LogP contribution in [0, 0.1) is 52.3 Å². The van der Waals surface area contributed by atoms with E-state index < -0.39 is 18.1 Å². The minimum Gasteiger partial charge on any atom is -0.394 e. The second kappa shape index (κ2) is 9.64. The van der Waals surface area contributed by atoms with Gasteiger partial charge in [0.1, 0.15) is 0 Å². The van der Waals surface area contributed by atoms with Crippen LogP contribution in [-0.4, -0.2) is 34.6 Å². The maximum absolute atomic E-state index is 11.7. The van der Waals surface area contributed by atoms with Crippen LogP contribution in [0.2, 0.25) is 0 Å². The molecule has 3 heteroatoms. The van der Waals surface area contributed by atoms with E-state index in [-0.39, 0.29) is 31.0 Å². The summed E-state index contributed by atoms with van der Waals surface area (Å²) in [7, 11) is 0. The van der Waals surface area contributed by atoms with Gasteiger partial charge in [-0.25, -0.2) is 0 Å². The van der Waals surface area contributed by atoms with Crippen LogP contribution < -0.4 is 0 Å². The highest BCUT2D eigenvalue weighted by Crippen LogP contribution is 2.70. The summed E-state index contributed by atoms with van der Waals surface area (Å²) in [6.45, 7) is 11.3.